The number of benzene rings is 1. The molecular formula is C16H17ClN4. The summed E-state index contributed by atoms with van der Waals surface area (Å²) in [5, 5.41) is 9.53. The minimum Gasteiger partial charge on any atom is -0.380 e. The Hall–Kier alpha value is -2.07. The van der Waals surface area contributed by atoms with Gasteiger partial charge in [0.1, 0.15) is 0 Å². The van der Waals surface area contributed by atoms with Crippen molar-refractivity contribution >= 4 is 28.3 Å². The quantitative estimate of drug-likeness (QED) is 0.782. The topological polar surface area (TPSA) is 42.7 Å². The van der Waals surface area contributed by atoms with Crippen LogP contribution in [-0.4, -0.2) is 14.8 Å². The molecule has 0 bridgehead atoms. The van der Waals surface area contributed by atoms with Crippen LogP contribution in [0.2, 0.25) is 5.02 Å². The summed E-state index contributed by atoms with van der Waals surface area (Å²) >= 11 is 5.99. The second kappa shape index (κ2) is 5.74. The summed E-state index contributed by atoms with van der Waals surface area (Å²) in [5.41, 5.74) is 3.03. The maximum absolute atomic E-state index is 5.99. The molecule has 0 radical (unpaired) electrons. The van der Waals surface area contributed by atoms with Gasteiger partial charge in [0.25, 0.3) is 0 Å². The van der Waals surface area contributed by atoms with Gasteiger partial charge in [0.15, 0.2) is 5.65 Å². The average Bonchev–Trinajstić information content (AvgIpc) is 2.88. The highest BCUT2D eigenvalue weighted by atomic mass is 35.5. The van der Waals surface area contributed by atoms with Crippen LogP contribution in [0, 0.1) is 0 Å². The van der Waals surface area contributed by atoms with E-state index in [4.69, 9.17) is 11.6 Å². The van der Waals surface area contributed by atoms with Gasteiger partial charge in [0.2, 0.25) is 0 Å². The monoisotopic (exact) mass is 300 g/mol. The van der Waals surface area contributed by atoms with Gasteiger partial charge < -0.3 is 5.32 Å². The molecule has 5 heteroatoms. The molecule has 4 nitrogen and oxygen atoms in total. The van der Waals surface area contributed by atoms with E-state index in [1.807, 2.05) is 41.3 Å². The number of aromatic nitrogens is 3. The summed E-state index contributed by atoms with van der Waals surface area (Å²) in [4.78, 5) is 4.50. The van der Waals surface area contributed by atoms with Crippen LogP contribution in [0.5, 0.6) is 0 Å². The van der Waals surface area contributed by atoms with Gasteiger partial charge in [0.05, 0.1) is 18.1 Å². The van der Waals surface area contributed by atoms with E-state index < -0.39 is 0 Å². The van der Waals surface area contributed by atoms with Crippen molar-refractivity contribution in [1.29, 1.82) is 0 Å². The predicted octanol–water partition coefficient (Wildman–Crippen LogP) is 4.28. The fraction of sp³-hybridized carbons (Fsp3) is 0.250. The zero-order chi connectivity index (χ0) is 14.8. The first-order valence-corrected chi connectivity index (χ1v) is 7.33. The molecule has 0 spiro atoms. The van der Waals surface area contributed by atoms with Crippen LogP contribution in [0.15, 0.2) is 42.7 Å². The maximum Gasteiger partial charge on any atom is 0.158 e. The summed E-state index contributed by atoms with van der Waals surface area (Å²) in [7, 11) is 0. The zero-order valence-corrected chi connectivity index (χ0v) is 12.8. The molecule has 3 aromatic rings. The van der Waals surface area contributed by atoms with Crippen LogP contribution < -0.4 is 5.32 Å². The molecule has 0 aliphatic carbocycles. The number of fused-ring (bicyclic) bond motifs is 1. The van der Waals surface area contributed by atoms with Crippen LogP contribution in [-0.2, 0) is 6.54 Å². The van der Waals surface area contributed by atoms with Crippen LogP contribution >= 0.6 is 11.6 Å². The number of hydrogen-bond donors (Lipinski definition) is 1. The summed E-state index contributed by atoms with van der Waals surface area (Å²) in [6.45, 7) is 4.91. The smallest absolute Gasteiger partial charge is 0.158 e. The number of nitrogens with one attached hydrogen (secondary N) is 1. The molecule has 2 aromatic heterocycles. The highest BCUT2D eigenvalue weighted by Gasteiger charge is 2.07. The number of pyridine rings is 1. The lowest BCUT2D eigenvalue weighted by atomic mass is 10.2. The van der Waals surface area contributed by atoms with Gasteiger partial charge in [-0.15, -0.1) is 0 Å². The largest absolute Gasteiger partial charge is 0.380 e. The first kappa shape index (κ1) is 13.9. The van der Waals surface area contributed by atoms with E-state index in [9.17, 15) is 0 Å². The molecule has 0 unspecified atom stereocenters. The summed E-state index contributed by atoms with van der Waals surface area (Å²) in [6, 6.07) is 10.2. The number of rotatable bonds is 4. The van der Waals surface area contributed by atoms with Crippen LogP contribution in [0.3, 0.4) is 0 Å². The minimum absolute atomic E-state index is 0.306. The maximum atomic E-state index is 5.99. The van der Waals surface area contributed by atoms with E-state index in [2.05, 4.69) is 35.3 Å². The molecule has 0 saturated heterocycles. The van der Waals surface area contributed by atoms with E-state index in [0.717, 1.165) is 27.3 Å². The number of anilines is 1. The molecule has 1 N–H and O–H groups in total. The Morgan fingerprint density at radius 2 is 2.10 bits per heavy atom. The third-order valence-electron chi connectivity index (χ3n) is 3.31. The van der Waals surface area contributed by atoms with Crippen molar-refractivity contribution in [2.24, 2.45) is 0 Å². The third-order valence-corrected chi connectivity index (χ3v) is 3.54. The molecule has 0 fully saturated rings. The van der Waals surface area contributed by atoms with E-state index >= 15 is 0 Å². The Bertz CT molecular complexity index is 764. The van der Waals surface area contributed by atoms with Crippen LogP contribution in [0.1, 0.15) is 25.5 Å². The SMILES string of the molecule is CC(C)n1ncc2cc(NCc3cccc(Cl)c3)cnc21. The first-order chi connectivity index (χ1) is 10.1. The van der Waals surface area contributed by atoms with E-state index in [1.165, 1.54) is 0 Å². The fourth-order valence-corrected chi connectivity index (χ4v) is 2.48. The Kier molecular flexibility index (Phi) is 3.80. The highest BCUT2D eigenvalue weighted by Crippen LogP contribution is 2.20. The van der Waals surface area contributed by atoms with Crippen molar-refractivity contribution < 1.29 is 0 Å². The molecule has 21 heavy (non-hydrogen) atoms. The lowest BCUT2D eigenvalue weighted by molar-refractivity contribution is 0.546. The van der Waals surface area contributed by atoms with E-state index in [0.29, 0.717) is 12.6 Å². The predicted molar refractivity (Wildman–Crippen MR) is 86.7 cm³/mol. The lowest BCUT2D eigenvalue weighted by Gasteiger charge is -2.08. The molecule has 1 aromatic carbocycles. The highest BCUT2D eigenvalue weighted by molar-refractivity contribution is 6.30. The molecule has 0 aliphatic rings. The van der Waals surface area contributed by atoms with Crippen molar-refractivity contribution in [3.63, 3.8) is 0 Å². The Morgan fingerprint density at radius 1 is 1.24 bits per heavy atom. The Balaban J connectivity index is 1.79. The number of nitrogens with zero attached hydrogens (tertiary/aromatic N) is 3. The molecule has 108 valence electrons. The molecule has 0 saturated carbocycles. The fourth-order valence-electron chi connectivity index (χ4n) is 2.27. The summed E-state index contributed by atoms with van der Waals surface area (Å²) in [5.74, 6) is 0. The van der Waals surface area contributed by atoms with Gasteiger partial charge in [0, 0.05) is 23.0 Å². The molecule has 2 heterocycles. The molecule has 0 amide bonds. The van der Waals surface area contributed by atoms with Crippen LogP contribution in [0.25, 0.3) is 11.0 Å². The van der Waals surface area contributed by atoms with Crippen LogP contribution in [0.4, 0.5) is 5.69 Å². The van der Waals surface area contributed by atoms with Gasteiger partial charge in [-0.3, -0.25) is 0 Å². The second-order valence-electron chi connectivity index (χ2n) is 5.30. The summed E-state index contributed by atoms with van der Waals surface area (Å²) in [6.07, 6.45) is 3.69. The molecule has 0 aliphatic heterocycles. The second-order valence-corrected chi connectivity index (χ2v) is 5.74. The average molecular weight is 301 g/mol. The van der Waals surface area contributed by atoms with Gasteiger partial charge in [-0.25, -0.2) is 9.67 Å². The van der Waals surface area contributed by atoms with Gasteiger partial charge in [-0.1, -0.05) is 23.7 Å². The van der Waals surface area contributed by atoms with Crippen molar-refractivity contribution in [2.75, 3.05) is 5.32 Å². The lowest BCUT2D eigenvalue weighted by Crippen LogP contribution is -2.04. The van der Waals surface area contributed by atoms with Crippen molar-refractivity contribution in [2.45, 2.75) is 26.4 Å². The molecular weight excluding hydrogens is 284 g/mol. The van der Waals surface area contributed by atoms with E-state index in [-0.39, 0.29) is 0 Å². The number of halogens is 1. The minimum atomic E-state index is 0.306. The normalized spacial score (nSPS) is 11.2. The third kappa shape index (κ3) is 3.00. The van der Waals surface area contributed by atoms with Gasteiger partial charge >= 0.3 is 0 Å². The summed E-state index contributed by atoms with van der Waals surface area (Å²) < 4.78 is 1.93. The Morgan fingerprint density at radius 3 is 2.86 bits per heavy atom. The first-order valence-electron chi connectivity index (χ1n) is 6.95. The van der Waals surface area contributed by atoms with Crippen molar-refractivity contribution in [3.05, 3.63) is 53.3 Å². The van der Waals surface area contributed by atoms with Crippen molar-refractivity contribution in [3.8, 4) is 0 Å². The zero-order valence-electron chi connectivity index (χ0n) is 12.0. The van der Waals surface area contributed by atoms with E-state index in [1.54, 1.807) is 0 Å². The number of hydrogen-bond acceptors (Lipinski definition) is 3. The standard InChI is InChI=1S/C16H17ClN4/c1-11(2)21-16-13(9-20-21)7-15(10-19-16)18-8-12-4-3-5-14(17)6-12/h3-7,9-11,18H,8H2,1-2H3. The van der Waals surface area contributed by atoms with Crippen molar-refractivity contribution in [1.82, 2.24) is 14.8 Å². The van der Waals surface area contributed by atoms with Gasteiger partial charge in [-0.2, -0.15) is 5.10 Å². The Labute approximate surface area is 128 Å². The van der Waals surface area contributed by atoms with Gasteiger partial charge in [-0.05, 0) is 37.6 Å². The molecule has 0 atom stereocenters. The molecule has 3 rings (SSSR count).